The summed E-state index contributed by atoms with van der Waals surface area (Å²) in [5.74, 6) is 1.11. The minimum Gasteiger partial charge on any atom is -0.354 e. The van der Waals surface area contributed by atoms with E-state index in [1.54, 1.807) is 11.3 Å². The van der Waals surface area contributed by atoms with Crippen LogP contribution in [0.3, 0.4) is 0 Å². The molecule has 1 aliphatic heterocycles. The van der Waals surface area contributed by atoms with Crippen molar-refractivity contribution in [2.45, 2.75) is 0 Å². The van der Waals surface area contributed by atoms with Gasteiger partial charge in [-0.2, -0.15) is 11.3 Å². The molecule has 5 heteroatoms. The van der Waals surface area contributed by atoms with Crippen LogP contribution in [0.1, 0.15) is 0 Å². The number of fused-ring (bicyclic) bond motifs is 1. The predicted molar refractivity (Wildman–Crippen MR) is 89.1 cm³/mol. The van der Waals surface area contributed by atoms with Crippen LogP contribution in [0.25, 0.3) is 22.2 Å². The average Bonchev–Trinajstić information content (AvgIpc) is 3.16. The van der Waals surface area contributed by atoms with Gasteiger partial charge in [0.1, 0.15) is 5.82 Å². The molecular formula is C16H18N4S. The molecule has 0 aliphatic carbocycles. The zero-order valence-corrected chi connectivity index (χ0v) is 12.9. The molecule has 0 saturated carbocycles. The first-order valence-corrected chi connectivity index (χ1v) is 8.19. The van der Waals surface area contributed by atoms with Crippen molar-refractivity contribution in [3.05, 3.63) is 35.2 Å². The fourth-order valence-electron chi connectivity index (χ4n) is 2.88. The number of nitrogens with one attached hydrogen (secondary N) is 1. The molecule has 3 aromatic rings. The summed E-state index contributed by atoms with van der Waals surface area (Å²) in [5.41, 5.74) is 3.59. The Bertz CT molecular complexity index is 739. The second kappa shape index (κ2) is 5.16. The fraction of sp³-hybridized carbons (Fsp3) is 0.312. The van der Waals surface area contributed by atoms with Crippen molar-refractivity contribution in [2.75, 3.05) is 38.1 Å². The number of piperazine rings is 1. The Kier molecular flexibility index (Phi) is 3.16. The van der Waals surface area contributed by atoms with Crippen LogP contribution in [0, 0.1) is 0 Å². The molecule has 1 aliphatic rings. The summed E-state index contributed by atoms with van der Waals surface area (Å²) in [4.78, 5) is 12.9. The first kappa shape index (κ1) is 12.9. The predicted octanol–water partition coefficient (Wildman–Crippen LogP) is 3.04. The number of H-pyrrole nitrogens is 1. The molecule has 4 nitrogen and oxygen atoms in total. The van der Waals surface area contributed by atoms with Crippen molar-refractivity contribution in [3.8, 4) is 11.3 Å². The monoisotopic (exact) mass is 298 g/mol. The van der Waals surface area contributed by atoms with Crippen LogP contribution in [0.15, 0.2) is 35.2 Å². The van der Waals surface area contributed by atoms with E-state index in [0.29, 0.717) is 0 Å². The van der Waals surface area contributed by atoms with Crippen LogP contribution < -0.4 is 4.90 Å². The lowest BCUT2D eigenvalue weighted by Gasteiger charge is -2.33. The summed E-state index contributed by atoms with van der Waals surface area (Å²) in [5, 5.41) is 5.51. The molecule has 108 valence electrons. The highest BCUT2D eigenvalue weighted by atomic mass is 32.1. The molecule has 0 amide bonds. The highest BCUT2D eigenvalue weighted by Gasteiger charge is 2.18. The highest BCUT2D eigenvalue weighted by molar-refractivity contribution is 7.08. The van der Waals surface area contributed by atoms with Gasteiger partial charge in [0, 0.05) is 54.4 Å². The Morgan fingerprint density at radius 1 is 1.19 bits per heavy atom. The lowest BCUT2D eigenvalue weighted by molar-refractivity contribution is 0.312. The SMILES string of the molecule is CN1CCN(c2nccc3[nH]c(-c4ccsc4)cc23)CC1. The van der Waals surface area contributed by atoms with E-state index in [4.69, 9.17) is 0 Å². The third kappa shape index (κ3) is 2.32. The van der Waals surface area contributed by atoms with Crippen LogP contribution in [-0.4, -0.2) is 48.1 Å². The zero-order valence-electron chi connectivity index (χ0n) is 12.0. The average molecular weight is 298 g/mol. The molecule has 0 unspecified atom stereocenters. The largest absolute Gasteiger partial charge is 0.354 e. The number of aromatic nitrogens is 2. The molecule has 0 atom stereocenters. The van der Waals surface area contributed by atoms with Crippen molar-refractivity contribution in [3.63, 3.8) is 0 Å². The summed E-state index contributed by atoms with van der Waals surface area (Å²) < 4.78 is 0. The Morgan fingerprint density at radius 2 is 2.05 bits per heavy atom. The van der Waals surface area contributed by atoms with Crippen molar-refractivity contribution >= 4 is 28.1 Å². The Hall–Kier alpha value is -1.85. The summed E-state index contributed by atoms with van der Waals surface area (Å²) in [6.07, 6.45) is 1.91. The van der Waals surface area contributed by atoms with Gasteiger partial charge >= 0.3 is 0 Å². The van der Waals surface area contributed by atoms with Gasteiger partial charge in [-0.25, -0.2) is 4.98 Å². The molecule has 4 rings (SSSR count). The number of thiophene rings is 1. The van der Waals surface area contributed by atoms with Gasteiger partial charge < -0.3 is 14.8 Å². The maximum Gasteiger partial charge on any atom is 0.138 e. The topological polar surface area (TPSA) is 35.2 Å². The van der Waals surface area contributed by atoms with Crippen LogP contribution in [-0.2, 0) is 0 Å². The number of likely N-dealkylation sites (N-methyl/N-ethyl adjacent to an activating group) is 1. The van der Waals surface area contributed by atoms with Crippen molar-refractivity contribution in [1.29, 1.82) is 0 Å². The van der Waals surface area contributed by atoms with E-state index < -0.39 is 0 Å². The Morgan fingerprint density at radius 3 is 2.81 bits per heavy atom. The summed E-state index contributed by atoms with van der Waals surface area (Å²) in [7, 11) is 2.18. The normalized spacial score (nSPS) is 16.7. The number of hydrogen-bond acceptors (Lipinski definition) is 4. The van der Waals surface area contributed by atoms with Gasteiger partial charge in [0.15, 0.2) is 0 Å². The third-order valence-corrected chi connectivity index (χ3v) is 4.85. The van der Waals surface area contributed by atoms with Gasteiger partial charge in [0.2, 0.25) is 0 Å². The zero-order chi connectivity index (χ0) is 14.2. The number of nitrogens with zero attached hydrogens (tertiary/aromatic N) is 3. The maximum atomic E-state index is 4.64. The number of rotatable bonds is 2. The van der Waals surface area contributed by atoms with Crippen LogP contribution >= 0.6 is 11.3 Å². The van der Waals surface area contributed by atoms with E-state index >= 15 is 0 Å². The summed E-state index contributed by atoms with van der Waals surface area (Å²) in [6, 6.07) is 6.45. The lowest BCUT2D eigenvalue weighted by atomic mass is 10.2. The van der Waals surface area contributed by atoms with Gasteiger partial charge in [-0.1, -0.05) is 0 Å². The third-order valence-electron chi connectivity index (χ3n) is 4.16. The molecule has 1 fully saturated rings. The molecule has 1 N–H and O–H groups in total. The minimum atomic E-state index is 1.04. The Labute approximate surface area is 128 Å². The summed E-state index contributed by atoms with van der Waals surface area (Å²) in [6.45, 7) is 4.28. The van der Waals surface area contributed by atoms with Gasteiger partial charge in [-0.3, -0.25) is 0 Å². The minimum absolute atomic E-state index is 1.04. The maximum absolute atomic E-state index is 4.64. The lowest BCUT2D eigenvalue weighted by Crippen LogP contribution is -2.44. The van der Waals surface area contributed by atoms with Gasteiger partial charge in [0.05, 0.1) is 5.52 Å². The summed E-state index contributed by atoms with van der Waals surface area (Å²) >= 11 is 1.73. The van der Waals surface area contributed by atoms with Crippen molar-refractivity contribution < 1.29 is 0 Å². The number of hydrogen-bond donors (Lipinski definition) is 1. The number of aromatic amines is 1. The van der Waals surface area contributed by atoms with E-state index in [9.17, 15) is 0 Å². The quantitative estimate of drug-likeness (QED) is 0.790. The van der Waals surface area contributed by atoms with E-state index in [1.807, 2.05) is 6.20 Å². The first-order valence-electron chi connectivity index (χ1n) is 7.25. The smallest absolute Gasteiger partial charge is 0.138 e. The van der Waals surface area contributed by atoms with Crippen LogP contribution in [0.5, 0.6) is 0 Å². The van der Waals surface area contributed by atoms with Crippen molar-refractivity contribution in [1.82, 2.24) is 14.9 Å². The molecular weight excluding hydrogens is 280 g/mol. The number of pyridine rings is 1. The van der Waals surface area contributed by atoms with E-state index in [2.05, 4.69) is 55.8 Å². The fourth-order valence-corrected chi connectivity index (χ4v) is 3.54. The second-order valence-corrected chi connectivity index (χ2v) is 6.36. The standard InChI is InChI=1S/C16H18N4S/c1-19-5-7-20(8-6-19)16-13-10-15(12-3-9-21-11-12)18-14(13)2-4-17-16/h2-4,9-11,18H,5-8H2,1H3. The molecule has 0 radical (unpaired) electrons. The van der Waals surface area contributed by atoms with Gasteiger partial charge in [-0.05, 0) is 30.6 Å². The molecule has 0 spiro atoms. The van der Waals surface area contributed by atoms with E-state index in [1.165, 1.54) is 22.2 Å². The van der Waals surface area contributed by atoms with Gasteiger partial charge in [-0.15, -0.1) is 0 Å². The first-order chi connectivity index (χ1) is 10.3. The molecule has 1 saturated heterocycles. The Balaban J connectivity index is 1.76. The van der Waals surface area contributed by atoms with Gasteiger partial charge in [0.25, 0.3) is 0 Å². The molecule has 21 heavy (non-hydrogen) atoms. The molecule has 0 aromatic carbocycles. The molecule has 3 aromatic heterocycles. The molecule has 4 heterocycles. The van der Waals surface area contributed by atoms with Crippen LogP contribution in [0.2, 0.25) is 0 Å². The number of anilines is 1. The molecule has 0 bridgehead atoms. The second-order valence-electron chi connectivity index (χ2n) is 5.58. The highest BCUT2D eigenvalue weighted by Crippen LogP contribution is 2.30. The van der Waals surface area contributed by atoms with Crippen molar-refractivity contribution in [2.24, 2.45) is 0 Å². The van der Waals surface area contributed by atoms with E-state index in [0.717, 1.165) is 32.0 Å². The van der Waals surface area contributed by atoms with Crippen LogP contribution in [0.4, 0.5) is 5.82 Å². The van der Waals surface area contributed by atoms with E-state index in [-0.39, 0.29) is 0 Å².